The Hall–Kier alpha value is -3.54. The van der Waals surface area contributed by atoms with Crippen LogP contribution in [0, 0.1) is 5.41 Å². The van der Waals surface area contributed by atoms with E-state index in [0.29, 0.717) is 18.1 Å². The van der Waals surface area contributed by atoms with Gasteiger partial charge in [0.05, 0.1) is 5.82 Å². The lowest BCUT2D eigenvalue weighted by Gasteiger charge is -2.37. The van der Waals surface area contributed by atoms with Gasteiger partial charge in [-0.15, -0.1) is 0 Å². The van der Waals surface area contributed by atoms with Crippen molar-refractivity contribution < 1.29 is 4.74 Å². The molecule has 0 amide bonds. The number of piperidine rings is 2. The van der Waals surface area contributed by atoms with Gasteiger partial charge in [0, 0.05) is 85.5 Å². The van der Waals surface area contributed by atoms with Crippen LogP contribution in [0.3, 0.4) is 0 Å². The summed E-state index contributed by atoms with van der Waals surface area (Å²) < 4.78 is 6.78. The molecule has 216 valence electrons. The SMILES string of the molecule is C=C(N)NC(=C)c1ccccc1NCc1ccc(N2CCCCC2)cc1OC1CCN(C(=C)CC(C)(C)C)CC1. The highest BCUT2D eigenvalue weighted by molar-refractivity contribution is 5.74. The molecule has 0 aromatic heterocycles. The van der Waals surface area contributed by atoms with E-state index in [0.717, 1.165) is 68.0 Å². The highest BCUT2D eigenvalue weighted by Crippen LogP contribution is 2.33. The second-order valence-electron chi connectivity index (χ2n) is 12.5. The van der Waals surface area contributed by atoms with Crippen LogP contribution in [0.25, 0.3) is 5.70 Å². The van der Waals surface area contributed by atoms with Crippen LogP contribution in [0.4, 0.5) is 11.4 Å². The number of rotatable bonds is 11. The Bertz CT molecular complexity index is 1180. The van der Waals surface area contributed by atoms with Crippen LogP contribution in [0.15, 0.2) is 73.7 Å². The van der Waals surface area contributed by atoms with Gasteiger partial charge in [-0.05, 0) is 43.2 Å². The molecule has 6 nitrogen and oxygen atoms in total. The summed E-state index contributed by atoms with van der Waals surface area (Å²) in [6.07, 6.45) is 7.04. The fourth-order valence-corrected chi connectivity index (χ4v) is 5.69. The number of allylic oxidation sites excluding steroid dienone is 1. The Labute approximate surface area is 242 Å². The van der Waals surface area contributed by atoms with Crippen LogP contribution in [-0.2, 0) is 6.54 Å². The van der Waals surface area contributed by atoms with Gasteiger partial charge in [-0.3, -0.25) is 0 Å². The molecule has 40 heavy (non-hydrogen) atoms. The third-order valence-corrected chi connectivity index (χ3v) is 7.72. The van der Waals surface area contributed by atoms with Gasteiger partial charge < -0.3 is 30.9 Å². The summed E-state index contributed by atoms with van der Waals surface area (Å²) in [5, 5.41) is 6.66. The molecule has 2 heterocycles. The van der Waals surface area contributed by atoms with E-state index < -0.39 is 0 Å². The largest absolute Gasteiger partial charge is 0.490 e. The van der Waals surface area contributed by atoms with Crippen LogP contribution < -0.4 is 26.0 Å². The molecule has 0 saturated carbocycles. The zero-order valence-corrected chi connectivity index (χ0v) is 24.9. The minimum absolute atomic E-state index is 0.195. The molecule has 0 bridgehead atoms. The molecule has 0 radical (unpaired) electrons. The summed E-state index contributed by atoms with van der Waals surface area (Å²) in [5.41, 5.74) is 12.3. The summed E-state index contributed by atoms with van der Waals surface area (Å²) in [4.78, 5) is 4.95. The summed E-state index contributed by atoms with van der Waals surface area (Å²) in [6.45, 7) is 24.0. The molecule has 0 aliphatic carbocycles. The number of nitrogens with one attached hydrogen (secondary N) is 2. The van der Waals surface area contributed by atoms with E-state index in [-0.39, 0.29) is 11.5 Å². The second-order valence-corrected chi connectivity index (χ2v) is 12.5. The van der Waals surface area contributed by atoms with Gasteiger partial charge in [-0.1, -0.05) is 64.8 Å². The van der Waals surface area contributed by atoms with Crippen molar-refractivity contribution in [2.45, 2.75) is 71.9 Å². The zero-order chi connectivity index (χ0) is 28.7. The van der Waals surface area contributed by atoms with Gasteiger partial charge in [0.2, 0.25) is 0 Å². The van der Waals surface area contributed by atoms with E-state index in [1.54, 1.807) is 0 Å². The number of para-hydroxylation sites is 1. The van der Waals surface area contributed by atoms with Crippen LogP contribution >= 0.6 is 0 Å². The van der Waals surface area contributed by atoms with Gasteiger partial charge in [-0.25, -0.2) is 0 Å². The lowest BCUT2D eigenvalue weighted by Crippen LogP contribution is -2.38. The molecule has 4 rings (SSSR count). The number of hydrogen-bond donors (Lipinski definition) is 3. The quantitative estimate of drug-likeness (QED) is 0.282. The molecule has 2 aliphatic rings. The minimum Gasteiger partial charge on any atom is -0.490 e. The van der Waals surface area contributed by atoms with E-state index in [4.69, 9.17) is 10.5 Å². The average Bonchev–Trinajstić information content (AvgIpc) is 2.92. The number of likely N-dealkylation sites (tertiary alicyclic amines) is 1. The first-order valence-corrected chi connectivity index (χ1v) is 14.8. The fraction of sp³-hybridized carbons (Fsp3) is 0.471. The smallest absolute Gasteiger partial charge is 0.126 e. The van der Waals surface area contributed by atoms with Gasteiger partial charge in [0.1, 0.15) is 11.9 Å². The molecule has 2 saturated heterocycles. The maximum atomic E-state index is 6.78. The minimum atomic E-state index is 0.195. The molecule has 0 spiro atoms. The van der Waals surface area contributed by atoms with Crippen molar-refractivity contribution in [3.8, 4) is 5.75 Å². The van der Waals surface area contributed by atoms with Crippen LogP contribution in [-0.4, -0.2) is 37.2 Å². The van der Waals surface area contributed by atoms with E-state index >= 15 is 0 Å². The number of nitrogens with two attached hydrogens (primary N) is 1. The van der Waals surface area contributed by atoms with Gasteiger partial charge in [0.25, 0.3) is 0 Å². The number of anilines is 2. The molecule has 2 aliphatic heterocycles. The first-order valence-electron chi connectivity index (χ1n) is 14.8. The lowest BCUT2D eigenvalue weighted by molar-refractivity contribution is 0.112. The van der Waals surface area contributed by atoms with Crippen molar-refractivity contribution in [2.75, 3.05) is 36.4 Å². The highest BCUT2D eigenvalue weighted by atomic mass is 16.5. The Morgan fingerprint density at radius 2 is 1.68 bits per heavy atom. The van der Waals surface area contributed by atoms with Crippen molar-refractivity contribution in [3.63, 3.8) is 0 Å². The third-order valence-electron chi connectivity index (χ3n) is 7.72. The van der Waals surface area contributed by atoms with Gasteiger partial charge in [-0.2, -0.15) is 0 Å². The van der Waals surface area contributed by atoms with E-state index in [1.165, 1.54) is 30.6 Å². The van der Waals surface area contributed by atoms with Crippen LogP contribution in [0.5, 0.6) is 5.75 Å². The molecule has 2 aromatic rings. The summed E-state index contributed by atoms with van der Waals surface area (Å²) in [6, 6.07) is 14.8. The number of ether oxygens (including phenoxy) is 1. The predicted molar refractivity (Wildman–Crippen MR) is 170 cm³/mol. The average molecular weight is 544 g/mol. The third kappa shape index (κ3) is 8.23. The standard InChI is InChI=1S/C34H49N5O/c1-25(23-34(4,5)6)38-20-16-30(17-21-38)40-33-22-29(39-18-10-7-11-19-39)15-14-28(33)24-36-32-13-9-8-12-31(32)26(2)37-27(3)35/h8-9,12-15,22,30,36-37H,1-3,7,10-11,16-21,23-24,35H2,4-6H3. The molecule has 2 aromatic carbocycles. The van der Waals surface area contributed by atoms with Crippen molar-refractivity contribution in [1.82, 2.24) is 10.2 Å². The normalized spacial score (nSPS) is 16.4. The molecular weight excluding hydrogens is 494 g/mol. The zero-order valence-electron chi connectivity index (χ0n) is 24.9. The molecule has 2 fully saturated rings. The fourth-order valence-electron chi connectivity index (χ4n) is 5.69. The van der Waals surface area contributed by atoms with Crippen molar-refractivity contribution >= 4 is 17.1 Å². The molecular formula is C34H49N5O. The topological polar surface area (TPSA) is 65.8 Å². The Morgan fingerprint density at radius 3 is 2.35 bits per heavy atom. The molecule has 0 atom stereocenters. The maximum Gasteiger partial charge on any atom is 0.126 e. The van der Waals surface area contributed by atoms with Crippen LogP contribution in [0.1, 0.15) is 70.4 Å². The van der Waals surface area contributed by atoms with Crippen molar-refractivity contribution in [1.29, 1.82) is 0 Å². The first kappa shape index (κ1) is 29.4. The number of hydrogen-bond acceptors (Lipinski definition) is 6. The summed E-state index contributed by atoms with van der Waals surface area (Å²) in [7, 11) is 0. The van der Waals surface area contributed by atoms with Gasteiger partial charge >= 0.3 is 0 Å². The first-order chi connectivity index (χ1) is 19.1. The highest BCUT2D eigenvalue weighted by Gasteiger charge is 2.25. The maximum absolute atomic E-state index is 6.78. The molecule has 0 unspecified atom stereocenters. The predicted octanol–water partition coefficient (Wildman–Crippen LogP) is 7.07. The summed E-state index contributed by atoms with van der Waals surface area (Å²) in [5.74, 6) is 1.35. The lowest BCUT2D eigenvalue weighted by atomic mass is 9.90. The summed E-state index contributed by atoms with van der Waals surface area (Å²) >= 11 is 0. The Balaban J connectivity index is 1.48. The van der Waals surface area contributed by atoms with E-state index in [1.807, 2.05) is 18.2 Å². The van der Waals surface area contributed by atoms with E-state index in [2.05, 4.69) is 85.2 Å². The molecule has 4 N–H and O–H groups in total. The second kappa shape index (κ2) is 13.2. The number of benzene rings is 2. The molecule has 6 heteroatoms. The van der Waals surface area contributed by atoms with Crippen molar-refractivity contribution in [2.24, 2.45) is 11.1 Å². The Kier molecular flexibility index (Phi) is 9.72. The Morgan fingerprint density at radius 1 is 0.975 bits per heavy atom. The van der Waals surface area contributed by atoms with Gasteiger partial charge in [0.15, 0.2) is 0 Å². The van der Waals surface area contributed by atoms with Crippen molar-refractivity contribution in [3.05, 3.63) is 84.8 Å². The van der Waals surface area contributed by atoms with E-state index in [9.17, 15) is 0 Å². The monoisotopic (exact) mass is 543 g/mol. The van der Waals surface area contributed by atoms with Crippen LogP contribution in [0.2, 0.25) is 0 Å². The number of nitrogens with zero attached hydrogens (tertiary/aromatic N) is 2.